The van der Waals surface area contributed by atoms with Gasteiger partial charge < -0.3 is 0 Å². The van der Waals surface area contributed by atoms with Gasteiger partial charge in [-0.25, -0.2) is 23.4 Å². The first kappa shape index (κ1) is 24.4. The van der Waals surface area contributed by atoms with E-state index in [4.69, 9.17) is 0 Å². The van der Waals surface area contributed by atoms with Gasteiger partial charge in [0.2, 0.25) is 0 Å². The Morgan fingerprint density at radius 3 is 2.64 bits per heavy atom. The molecule has 4 aromatic rings. The first-order chi connectivity index (χ1) is 17.4. The predicted molar refractivity (Wildman–Crippen MR) is 137 cm³/mol. The molecule has 0 aliphatic heterocycles. The van der Waals surface area contributed by atoms with Crippen LogP contribution in [0.2, 0.25) is 0 Å². The second kappa shape index (κ2) is 10.4. The normalized spacial score (nSPS) is 16.7. The molecule has 3 aromatic heterocycles. The summed E-state index contributed by atoms with van der Waals surface area (Å²) in [6.07, 6.45) is 6.29. The van der Waals surface area contributed by atoms with Gasteiger partial charge in [0.25, 0.3) is 0 Å². The average Bonchev–Trinajstić information content (AvgIpc) is 3.42. The molecule has 0 spiro atoms. The molecule has 5 rings (SSSR count). The molecule has 0 saturated heterocycles. The van der Waals surface area contributed by atoms with Crippen LogP contribution in [0.3, 0.4) is 0 Å². The maximum Gasteiger partial charge on any atom is 0.181 e. The predicted octanol–water partition coefficient (Wildman–Crippen LogP) is 6.45. The molecular formula is C28H28F2N4OS. The fourth-order valence-corrected chi connectivity index (χ4v) is 6.08. The zero-order valence-corrected chi connectivity index (χ0v) is 21.2. The van der Waals surface area contributed by atoms with Gasteiger partial charge >= 0.3 is 0 Å². The van der Waals surface area contributed by atoms with Gasteiger partial charge in [-0.3, -0.25) is 4.79 Å². The van der Waals surface area contributed by atoms with Crippen molar-refractivity contribution in [1.82, 2.24) is 19.7 Å². The molecule has 1 aliphatic carbocycles. The summed E-state index contributed by atoms with van der Waals surface area (Å²) >= 11 is 1.88. The van der Waals surface area contributed by atoms with E-state index < -0.39 is 5.82 Å². The van der Waals surface area contributed by atoms with Crippen molar-refractivity contribution in [2.24, 2.45) is 11.8 Å². The minimum Gasteiger partial charge on any atom is -0.297 e. The van der Waals surface area contributed by atoms with Crippen LogP contribution in [0.25, 0.3) is 22.9 Å². The molecule has 5 nitrogen and oxygen atoms in total. The number of Topliss-reactive ketones (excluding diaryl/α,β-unsaturated/α-hetero) is 1. The Morgan fingerprint density at radius 2 is 1.89 bits per heavy atom. The molecule has 36 heavy (non-hydrogen) atoms. The lowest BCUT2D eigenvalue weighted by Crippen LogP contribution is -2.27. The number of hydrogen-bond acceptors (Lipinski definition) is 5. The quantitative estimate of drug-likeness (QED) is 0.302. The highest BCUT2D eigenvalue weighted by molar-refractivity contribution is 7.12. The SMILES string of the molecule is Cc1cc2c(s1)CCC(C(C)C(=O)Cn1nc(-c3ccc(F)cc3)nc1-c1ccc(F)cn1)CCC2. The number of aryl methyl sites for hydroxylation is 3. The minimum atomic E-state index is -0.457. The number of hydrogen-bond donors (Lipinski definition) is 0. The maximum absolute atomic E-state index is 13.5. The number of ketones is 1. The Bertz CT molecular complexity index is 1360. The Labute approximate surface area is 213 Å². The van der Waals surface area contributed by atoms with Gasteiger partial charge in [-0.2, -0.15) is 0 Å². The molecule has 3 heterocycles. The van der Waals surface area contributed by atoms with Gasteiger partial charge in [-0.15, -0.1) is 16.4 Å². The number of carbonyl (C=O) groups excluding carboxylic acids is 1. The van der Waals surface area contributed by atoms with Crippen LogP contribution in [-0.4, -0.2) is 25.5 Å². The van der Waals surface area contributed by atoms with Crippen LogP contribution >= 0.6 is 11.3 Å². The largest absolute Gasteiger partial charge is 0.297 e. The summed E-state index contributed by atoms with van der Waals surface area (Å²) in [4.78, 5) is 25.0. The number of rotatable bonds is 6. The lowest BCUT2D eigenvalue weighted by Gasteiger charge is -2.25. The molecule has 0 radical (unpaired) electrons. The van der Waals surface area contributed by atoms with Crippen molar-refractivity contribution in [2.75, 3.05) is 0 Å². The van der Waals surface area contributed by atoms with E-state index in [0.717, 1.165) is 38.3 Å². The summed E-state index contributed by atoms with van der Waals surface area (Å²) in [5.41, 5.74) is 2.52. The third-order valence-electron chi connectivity index (χ3n) is 7.03. The van der Waals surface area contributed by atoms with Crippen LogP contribution < -0.4 is 0 Å². The van der Waals surface area contributed by atoms with Gasteiger partial charge in [-0.1, -0.05) is 6.92 Å². The number of fused-ring (bicyclic) bond motifs is 1. The Morgan fingerprint density at radius 1 is 1.11 bits per heavy atom. The van der Waals surface area contributed by atoms with E-state index in [1.54, 1.807) is 16.8 Å². The number of aromatic nitrogens is 4. The monoisotopic (exact) mass is 506 g/mol. The zero-order valence-electron chi connectivity index (χ0n) is 20.4. The van der Waals surface area contributed by atoms with E-state index in [-0.39, 0.29) is 24.1 Å². The lowest BCUT2D eigenvalue weighted by molar-refractivity contribution is -0.124. The summed E-state index contributed by atoms with van der Waals surface area (Å²) in [7, 11) is 0. The third kappa shape index (κ3) is 5.28. The summed E-state index contributed by atoms with van der Waals surface area (Å²) in [5.74, 6) is 0.199. The lowest BCUT2D eigenvalue weighted by atomic mass is 9.81. The van der Waals surface area contributed by atoms with E-state index in [9.17, 15) is 13.6 Å². The van der Waals surface area contributed by atoms with Crippen molar-refractivity contribution in [3.63, 3.8) is 0 Å². The molecule has 186 valence electrons. The zero-order chi connectivity index (χ0) is 25.2. The van der Waals surface area contributed by atoms with Crippen LogP contribution in [0.1, 0.15) is 41.5 Å². The molecule has 0 saturated carbocycles. The molecule has 0 N–H and O–H groups in total. The molecule has 1 aromatic carbocycles. The van der Waals surface area contributed by atoms with Gasteiger partial charge in [0.15, 0.2) is 17.4 Å². The van der Waals surface area contributed by atoms with Crippen molar-refractivity contribution < 1.29 is 13.6 Å². The molecular weight excluding hydrogens is 478 g/mol. The van der Waals surface area contributed by atoms with Crippen molar-refractivity contribution in [1.29, 1.82) is 0 Å². The van der Waals surface area contributed by atoms with E-state index in [2.05, 4.69) is 28.1 Å². The number of thiophene rings is 1. The maximum atomic E-state index is 13.5. The molecule has 8 heteroatoms. The van der Waals surface area contributed by atoms with Crippen molar-refractivity contribution in [3.05, 3.63) is 75.6 Å². The molecule has 1 aliphatic rings. The van der Waals surface area contributed by atoms with Gasteiger partial charge in [-0.05, 0) is 93.0 Å². The topological polar surface area (TPSA) is 60.7 Å². The summed E-state index contributed by atoms with van der Waals surface area (Å²) in [6, 6.07) is 11.0. The average molecular weight is 507 g/mol. The minimum absolute atomic E-state index is 0.0452. The molecule has 0 fully saturated rings. The van der Waals surface area contributed by atoms with E-state index in [1.165, 1.54) is 39.6 Å². The smallest absolute Gasteiger partial charge is 0.181 e. The summed E-state index contributed by atoms with van der Waals surface area (Å²) in [6.45, 7) is 4.22. The molecule has 0 amide bonds. The van der Waals surface area contributed by atoms with E-state index in [0.29, 0.717) is 28.8 Å². The van der Waals surface area contributed by atoms with Crippen LogP contribution in [0, 0.1) is 30.4 Å². The summed E-state index contributed by atoms with van der Waals surface area (Å²) in [5, 5.41) is 4.57. The second-order valence-corrected chi connectivity index (χ2v) is 10.9. The number of halogens is 2. The number of pyridine rings is 1. The number of nitrogens with zero attached hydrogens (tertiary/aromatic N) is 4. The Hall–Kier alpha value is -3.26. The van der Waals surface area contributed by atoms with Gasteiger partial charge in [0, 0.05) is 21.2 Å². The van der Waals surface area contributed by atoms with Crippen LogP contribution in [0.15, 0.2) is 48.7 Å². The van der Waals surface area contributed by atoms with Crippen LogP contribution in [0.5, 0.6) is 0 Å². The third-order valence-corrected chi connectivity index (χ3v) is 8.19. The molecule has 2 unspecified atom stereocenters. The van der Waals surface area contributed by atoms with Crippen molar-refractivity contribution in [2.45, 2.75) is 52.5 Å². The van der Waals surface area contributed by atoms with E-state index in [1.807, 2.05) is 18.3 Å². The fourth-order valence-electron chi connectivity index (χ4n) is 4.98. The van der Waals surface area contributed by atoms with Gasteiger partial charge in [0.05, 0.1) is 6.20 Å². The van der Waals surface area contributed by atoms with Crippen LogP contribution in [-0.2, 0) is 24.2 Å². The van der Waals surface area contributed by atoms with Gasteiger partial charge in [0.1, 0.15) is 23.9 Å². The molecule has 0 bridgehead atoms. The van der Waals surface area contributed by atoms with Crippen molar-refractivity contribution >= 4 is 17.1 Å². The highest BCUT2D eigenvalue weighted by atomic mass is 32.1. The number of benzene rings is 1. The first-order valence-corrected chi connectivity index (χ1v) is 13.1. The first-order valence-electron chi connectivity index (χ1n) is 12.3. The highest BCUT2D eigenvalue weighted by Crippen LogP contribution is 2.33. The van der Waals surface area contributed by atoms with Crippen molar-refractivity contribution in [3.8, 4) is 22.9 Å². The Kier molecular flexibility index (Phi) is 7.05. The molecule has 2 atom stereocenters. The number of carbonyl (C=O) groups is 1. The standard InChI is InChI=1S/C28H28F2N4OS/c1-17-14-21-5-3-4-19(8-13-26(21)36-17)18(2)25(35)16-34-28(24-12-11-23(30)15-31-24)32-27(33-34)20-6-9-22(29)10-7-20/h6-7,9-12,14-15,18-19H,3-5,8,13,16H2,1-2H3. The Balaban J connectivity index is 1.38. The summed E-state index contributed by atoms with van der Waals surface area (Å²) < 4.78 is 28.5. The highest BCUT2D eigenvalue weighted by Gasteiger charge is 2.27. The second-order valence-electron chi connectivity index (χ2n) is 9.54. The van der Waals surface area contributed by atoms with Crippen LogP contribution in [0.4, 0.5) is 8.78 Å². The fraction of sp³-hybridized carbons (Fsp3) is 0.357. The van der Waals surface area contributed by atoms with E-state index >= 15 is 0 Å².